The topological polar surface area (TPSA) is 42.5 Å². The molecule has 4 heteroatoms. The molecule has 0 aliphatic heterocycles. The third-order valence-corrected chi connectivity index (χ3v) is 2.05. The lowest BCUT2D eigenvalue weighted by atomic mass is 10.3. The van der Waals surface area contributed by atoms with Gasteiger partial charge >= 0.3 is 0 Å². The molecular weight excluding hydrogens is 188 g/mol. The van der Waals surface area contributed by atoms with Crippen LogP contribution in [0.5, 0.6) is 0 Å². The highest BCUT2D eigenvalue weighted by atomic mass is 15.3. The Morgan fingerprint density at radius 3 is 2.73 bits per heavy atom. The highest BCUT2D eigenvalue weighted by Gasteiger charge is 1.97. The largest absolute Gasteiger partial charge is 0.315 e. The zero-order chi connectivity index (χ0) is 10.5. The molecule has 1 aromatic heterocycles. The maximum atomic E-state index is 4.10. The Hall–Kier alpha value is -1.97. The minimum absolute atomic E-state index is 0.640. The Balaban J connectivity index is 2.19. The van der Waals surface area contributed by atoms with Gasteiger partial charge in [-0.2, -0.15) is 0 Å². The summed E-state index contributed by atoms with van der Waals surface area (Å²) in [6.45, 7) is 2.90. The zero-order valence-corrected chi connectivity index (χ0v) is 8.54. The van der Waals surface area contributed by atoms with Gasteiger partial charge in [0.2, 0.25) is 5.95 Å². The number of benzene rings is 1. The fourth-order valence-corrected chi connectivity index (χ4v) is 1.25. The van der Waals surface area contributed by atoms with Crippen molar-refractivity contribution in [3.05, 3.63) is 42.7 Å². The Labute approximate surface area is 88.3 Å². The zero-order valence-electron chi connectivity index (χ0n) is 8.54. The fourth-order valence-electron chi connectivity index (χ4n) is 1.25. The van der Waals surface area contributed by atoms with Crippen LogP contribution in [0.4, 0.5) is 11.6 Å². The molecule has 15 heavy (non-hydrogen) atoms. The first kappa shape index (κ1) is 9.58. The lowest BCUT2D eigenvalue weighted by molar-refractivity contribution is 0.758. The van der Waals surface area contributed by atoms with E-state index in [0.717, 1.165) is 12.2 Å². The molecule has 1 aromatic carbocycles. The summed E-state index contributed by atoms with van der Waals surface area (Å²) in [7, 11) is 0. The van der Waals surface area contributed by atoms with Gasteiger partial charge < -0.3 is 4.57 Å². The molecule has 0 saturated carbocycles. The minimum Gasteiger partial charge on any atom is -0.315 e. The molecule has 0 fully saturated rings. The molecule has 76 valence electrons. The predicted octanol–water partition coefficient (Wildman–Crippen LogP) is 3.32. The first-order chi connectivity index (χ1) is 7.40. The van der Waals surface area contributed by atoms with Crippen LogP contribution in [0.25, 0.3) is 0 Å². The molecule has 0 aliphatic carbocycles. The number of aromatic nitrogens is 2. The van der Waals surface area contributed by atoms with Gasteiger partial charge in [-0.05, 0) is 19.1 Å². The molecular formula is C11H12N4. The van der Waals surface area contributed by atoms with Crippen LogP contribution in [0, 0.1) is 0 Å². The van der Waals surface area contributed by atoms with Gasteiger partial charge in [0.05, 0.1) is 5.69 Å². The van der Waals surface area contributed by atoms with Crippen molar-refractivity contribution < 1.29 is 0 Å². The average molecular weight is 200 g/mol. The molecule has 2 aromatic rings. The molecule has 0 bridgehead atoms. The highest BCUT2D eigenvalue weighted by molar-refractivity contribution is 5.35. The summed E-state index contributed by atoms with van der Waals surface area (Å²) in [4.78, 5) is 4.10. The van der Waals surface area contributed by atoms with Crippen molar-refractivity contribution in [2.75, 3.05) is 0 Å². The van der Waals surface area contributed by atoms with Crippen LogP contribution in [0.2, 0.25) is 0 Å². The average Bonchev–Trinajstić information content (AvgIpc) is 2.75. The molecule has 0 aliphatic rings. The Morgan fingerprint density at radius 2 is 2.00 bits per heavy atom. The van der Waals surface area contributed by atoms with Crippen LogP contribution in [-0.2, 0) is 6.54 Å². The molecule has 2 rings (SSSR count). The smallest absolute Gasteiger partial charge is 0.249 e. The summed E-state index contributed by atoms with van der Waals surface area (Å²) in [5.41, 5.74) is 0.836. The van der Waals surface area contributed by atoms with Crippen LogP contribution in [-0.4, -0.2) is 9.55 Å². The van der Waals surface area contributed by atoms with Crippen molar-refractivity contribution in [2.24, 2.45) is 10.2 Å². The third-order valence-electron chi connectivity index (χ3n) is 2.05. The minimum atomic E-state index is 0.640. The van der Waals surface area contributed by atoms with Gasteiger partial charge in [0, 0.05) is 18.9 Å². The molecule has 0 amide bonds. The second-order valence-electron chi connectivity index (χ2n) is 3.05. The van der Waals surface area contributed by atoms with Gasteiger partial charge in [0.25, 0.3) is 0 Å². The molecule has 0 N–H and O–H groups in total. The molecule has 4 nitrogen and oxygen atoms in total. The van der Waals surface area contributed by atoms with Crippen LogP contribution in [0.3, 0.4) is 0 Å². The molecule has 0 saturated heterocycles. The first-order valence-electron chi connectivity index (χ1n) is 4.88. The van der Waals surface area contributed by atoms with E-state index in [9.17, 15) is 0 Å². The number of azo groups is 1. The van der Waals surface area contributed by atoms with Gasteiger partial charge in [-0.3, -0.25) is 0 Å². The van der Waals surface area contributed by atoms with Crippen LogP contribution < -0.4 is 0 Å². The first-order valence-corrected chi connectivity index (χ1v) is 4.88. The van der Waals surface area contributed by atoms with E-state index in [0.29, 0.717) is 5.95 Å². The number of hydrogen-bond acceptors (Lipinski definition) is 3. The quantitative estimate of drug-likeness (QED) is 0.701. The van der Waals surface area contributed by atoms with Crippen molar-refractivity contribution in [1.82, 2.24) is 9.55 Å². The van der Waals surface area contributed by atoms with E-state index in [1.807, 2.05) is 48.0 Å². The molecule has 0 spiro atoms. The number of imidazole rings is 1. The summed E-state index contributed by atoms with van der Waals surface area (Å²) in [6, 6.07) is 9.62. The van der Waals surface area contributed by atoms with Crippen molar-refractivity contribution in [2.45, 2.75) is 13.5 Å². The van der Waals surface area contributed by atoms with E-state index >= 15 is 0 Å². The summed E-state index contributed by atoms with van der Waals surface area (Å²) in [5.74, 6) is 0.640. The second kappa shape index (κ2) is 4.50. The third kappa shape index (κ3) is 2.28. The van der Waals surface area contributed by atoms with E-state index < -0.39 is 0 Å². The van der Waals surface area contributed by atoms with Gasteiger partial charge in [0.1, 0.15) is 0 Å². The summed E-state index contributed by atoms with van der Waals surface area (Å²) in [6.07, 6.45) is 3.61. The van der Waals surface area contributed by atoms with E-state index in [1.165, 1.54) is 0 Å². The number of nitrogens with zero attached hydrogens (tertiary/aromatic N) is 4. The lowest BCUT2D eigenvalue weighted by Gasteiger charge is -1.96. The summed E-state index contributed by atoms with van der Waals surface area (Å²) in [5, 5.41) is 8.18. The number of rotatable bonds is 3. The highest BCUT2D eigenvalue weighted by Crippen LogP contribution is 2.15. The van der Waals surface area contributed by atoms with Crippen molar-refractivity contribution in [3.63, 3.8) is 0 Å². The maximum absolute atomic E-state index is 4.10. The van der Waals surface area contributed by atoms with Crippen LogP contribution >= 0.6 is 0 Å². The van der Waals surface area contributed by atoms with Crippen molar-refractivity contribution >= 4 is 11.6 Å². The summed E-state index contributed by atoms with van der Waals surface area (Å²) < 4.78 is 1.94. The van der Waals surface area contributed by atoms with E-state index in [2.05, 4.69) is 15.2 Å². The van der Waals surface area contributed by atoms with E-state index in [-0.39, 0.29) is 0 Å². The Kier molecular flexibility index (Phi) is 2.88. The lowest BCUT2D eigenvalue weighted by Crippen LogP contribution is -1.89. The maximum Gasteiger partial charge on any atom is 0.249 e. The molecule has 0 atom stereocenters. The van der Waals surface area contributed by atoms with Crippen molar-refractivity contribution in [1.29, 1.82) is 0 Å². The summed E-state index contributed by atoms with van der Waals surface area (Å²) >= 11 is 0. The van der Waals surface area contributed by atoms with E-state index in [1.54, 1.807) is 6.20 Å². The number of hydrogen-bond donors (Lipinski definition) is 0. The second-order valence-corrected chi connectivity index (χ2v) is 3.05. The predicted molar refractivity (Wildman–Crippen MR) is 58.5 cm³/mol. The van der Waals surface area contributed by atoms with Gasteiger partial charge in [-0.15, -0.1) is 10.2 Å². The normalized spacial score (nSPS) is 11.0. The van der Waals surface area contributed by atoms with E-state index in [4.69, 9.17) is 0 Å². The molecule has 0 radical (unpaired) electrons. The van der Waals surface area contributed by atoms with Crippen LogP contribution in [0.15, 0.2) is 53.0 Å². The standard InChI is InChI=1S/C11H12N4/c1-2-15-9-8-12-11(15)14-13-10-6-4-3-5-7-10/h3-9H,2H2,1H3. The SMILES string of the molecule is CCn1ccnc1N=Nc1ccccc1. The fraction of sp³-hybridized carbons (Fsp3) is 0.182. The van der Waals surface area contributed by atoms with Gasteiger partial charge in [-0.25, -0.2) is 4.98 Å². The Morgan fingerprint density at radius 1 is 1.20 bits per heavy atom. The van der Waals surface area contributed by atoms with Crippen LogP contribution in [0.1, 0.15) is 6.92 Å². The number of aryl methyl sites for hydroxylation is 1. The van der Waals surface area contributed by atoms with Gasteiger partial charge in [0.15, 0.2) is 0 Å². The Bertz CT molecular complexity index is 445. The molecule has 1 heterocycles. The molecule has 0 unspecified atom stereocenters. The monoisotopic (exact) mass is 200 g/mol. The van der Waals surface area contributed by atoms with Crippen molar-refractivity contribution in [3.8, 4) is 0 Å². The van der Waals surface area contributed by atoms with Gasteiger partial charge in [-0.1, -0.05) is 18.2 Å².